The second-order valence-corrected chi connectivity index (χ2v) is 11.4. The predicted molar refractivity (Wildman–Crippen MR) is 120 cm³/mol. The van der Waals surface area contributed by atoms with Crippen LogP contribution in [0.25, 0.3) is 0 Å². The van der Waals surface area contributed by atoms with Gasteiger partial charge in [-0.05, 0) is 30.2 Å². The number of likely N-dealkylation sites (tertiary alicyclic amines) is 1. The van der Waals surface area contributed by atoms with Crippen molar-refractivity contribution in [1.29, 1.82) is 0 Å². The molecule has 5 nitrogen and oxygen atoms in total. The minimum Gasteiger partial charge on any atom is -0.338 e. The van der Waals surface area contributed by atoms with E-state index in [1.54, 1.807) is 18.2 Å². The molecule has 2 saturated heterocycles. The van der Waals surface area contributed by atoms with Crippen molar-refractivity contribution in [2.75, 3.05) is 37.7 Å². The Morgan fingerprint density at radius 1 is 0.833 bits per heavy atom. The van der Waals surface area contributed by atoms with E-state index in [1.165, 1.54) is 4.90 Å². The van der Waals surface area contributed by atoms with E-state index in [0.717, 1.165) is 5.56 Å². The number of piperidine rings is 1. The fraction of sp³-hybridized carbons (Fsp3) is 0.458. The molecule has 2 aromatic carbocycles. The molecule has 2 atom stereocenters. The number of alkyl halides is 6. The van der Waals surface area contributed by atoms with Gasteiger partial charge in [0.05, 0.1) is 22.6 Å². The lowest BCUT2D eigenvalue weighted by Crippen LogP contribution is -2.54. The van der Waals surface area contributed by atoms with Crippen molar-refractivity contribution >= 4 is 15.7 Å². The van der Waals surface area contributed by atoms with E-state index >= 15 is 0 Å². The Hall–Kier alpha value is -2.60. The van der Waals surface area contributed by atoms with Crippen LogP contribution in [0.3, 0.4) is 0 Å². The maximum absolute atomic E-state index is 13.3. The first kappa shape index (κ1) is 26.5. The van der Waals surface area contributed by atoms with Crippen LogP contribution < -0.4 is 0 Å². The van der Waals surface area contributed by atoms with Gasteiger partial charge in [0, 0.05) is 43.7 Å². The maximum atomic E-state index is 13.3. The Bertz CT molecular complexity index is 1170. The first-order valence-electron chi connectivity index (χ1n) is 11.3. The topological polar surface area (TPSA) is 57.7 Å². The van der Waals surface area contributed by atoms with Gasteiger partial charge >= 0.3 is 12.4 Å². The molecule has 2 aliphatic heterocycles. The zero-order valence-corrected chi connectivity index (χ0v) is 19.8. The van der Waals surface area contributed by atoms with E-state index in [0.29, 0.717) is 31.6 Å². The summed E-state index contributed by atoms with van der Waals surface area (Å²) in [6.07, 6.45) is -9.70. The molecule has 0 radical (unpaired) electrons. The highest BCUT2D eigenvalue weighted by atomic mass is 32.2. The summed E-state index contributed by atoms with van der Waals surface area (Å²) in [7, 11) is -3.12. The fourth-order valence-electron chi connectivity index (χ4n) is 4.91. The highest BCUT2D eigenvalue weighted by Gasteiger charge is 2.40. The number of carbonyl (C=O) groups excluding carboxylic acids is 1. The summed E-state index contributed by atoms with van der Waals surface area (Å²) < 4.78 is 104. The molecular formula is C24H24F6N2O3S. The number of hydrogen-bond acceptors (Lipinski definition) is 4. The lowest BCUT2D eigenvalue weighted by Gasteiger charge is -2.45. The highest BCUT2D eigenvalue weighted by molar-refractivity contribution is 7.91. The number of sulfone groups is 1. The van der Waals surface area contributed by atoms with Gasteiger partial charge in [-0.15, -0.1) is 0 Å². The summed E-state index contributed by atoms with van der Waals surface area (Å²) >= 11 is 0. The summed E-state index contributed by atoms with van der Waals surface area (Å²) in [6, 6.07) is 9.88. The average molecular weight is 535 g/mol. The Morgan fingerprint density at radius 2 is 1.39 bits per heavy atom. The van der Waals surface area contributed by atoms with Gasteiger partial charge in [0.1, 0.15) is 0 Å². The van der Waals surface area contributed by atoms with Gasteiger partial charge in [-0.25, -0.2) is 8.42 Å². The summed E-state index contributed by atoms with van der Waals surface area (Å²) in [5, 5.41) is 0. The number of rotatable bonds is 3. The molecule has 2 fully saturated rings. The molecule has 2 aromatic rings. The number of halogens is 6. The van der Waals surface area contributed by atoms with Gasteiger partial charge in [0.15, 0.2) is 9.84 Å². The fourth-order valence-corrected chi connectivity index (χ4v) is 6.14. The molecule has 0 aromatic heterocycles. The molecule has 12 heteroatoms. The van der Waals surface area contributed by atoms with Gasteiger partial charge in [-0.1, -0.05) is 30.3 Å². The largest absolute Gasteiger partial charge is 0.416 e. The Morgan fingerprint density at radius 3 is 1.92 bits per heavy atom. The number of nitrogens with zero attached hydrogens (tertiary/aromatic N) is 2. The SMILES string of the molecule is O=C(c1cc(C(F)(F)F)cc(C(F)(F)F)c1)N1CCC(N2CCS(=O)(=O)CC2)C(c2ccccc2)C1. The number of benzene rings is 2. The number of amides is 1. The number of carbonyl (C=O) groups is 1. The Labute approximate surface area is 204 Å². The predicted octanol–water partition coefficient (Wildman–Crippen LogP) is 4.45. The molecule has 2 aliphatic rings. The maximum Gasteiger partial charge on any atom is 0.416 e. The zero-order chi connectivity index (χ0) is 26.3. The van der Waals surface area contributed by atoms with Crippen LogP contribution in [0, 0.1) is 0 Å². The van der Waals surface area contributed by atoms with Crippen LogP contribution in [0.5, 0.6) is 0 Å². The third-order valence-electron chi connectivity index (χ3n) is 6.77. The first-order chi connectivity index (χ1) is 16.7. The van der Waals surface area contributed by atoms with Crippen LogP contribution in [-0.2, 0) is 22.2 Å². The third-order valence-corrected chi connectivity index (χ3v) is 8.38. The highest BCUT2D eigenvalue weighted by Crippen LogP contribution is 2.38. The second-order valence-electron chi connectivity index (χ2n) is 9.11. The summed E-state index contributed by atoms with van der Waals surface area (Å²) in [6.45, 7) is 0.849. The molecule has 4 rings (SSSR count). The Balaban J connectivity index is 1.63. The van der Waals surface area contributed by atoms with E-state index in [2.05, 4.69) is 0 Å². The molecule has 0 aliphatic carbocycles. The monoisotopic (exact) mass is 534 g/mol. The average Bonchev–Trinajstić information content (AvgIpc) is 2.82. The minimum atomic E-state index is -5.05. The Kier molecular flexibility index (Phi) is 7.13. The van der Waals surface area contributed by atoms with Crippen molar-refractivity contribution in [1.82, 2.24) is 9.80 Å². The van der Waals surface area contributed by atoms with Gasteiger partial charge < -0.3 is 4.90 Å². The van der Waals surface area contributed by atoms with Gasteiger partial charge in [-0.2, -0.15) is 26.3 Å². The van der Waals surface area contributed by atoms with Gasteiger partial charge in [-0.3, -0.25) is 9.69 Å². The number of hydrogen-bond donors (Lipinski definition) is 0. The summed E-state index contributed by atoms with van der Waals surface area (Å²) in [5.41, 5.74) is -2.89. The van der Waals surface area contributed by atoms with Crippen molar-refractivity contribution in [3.63, 3.8) is 0 Å². The zero-order valence-electron chi connectivity index (χ0n) is 19.0. The molecule has 196 valence electrons. The van der Waals surface area contributed by atoms with Crippen molar-refractivity contribution in [3.8, 4) is 0 Å². The van der Waals surface area contributed by atoms with Crippen molar-refractivity contribution in [2.24, 2.45) is 0 Å². The first-order valence-corrected chi connectivity index (χ1v) is 13.1. The molecule has 0 saturated carbocycles. The van der Waals surface area contributed by atoms with E-state index in [9.17, 15) is 39.6 Å². The van der Waals surface area contributed by atoms with E-state index in [4.69, 9.17) is 0 Å². The van der Waals surface area contributed by atoms with Crippen LogP contribution in [0.15, 0.2) is 48.5 Å². The molecular weight excluding hydrogens is 510 g/mol. The minimum absolute atomic E-state index is 0.000193. The van der Waals surface area contributed by atoms with Crippen LogP contribution in [0.4, 0.5) is 26.3 Å². The standard InChI is InChI=1S/C24H24F6N2O3S/c25-23(26,27)18-12-17(13-19(14-18)24(28,29)30)22(33)32-7-6-21(31-8-10-36(34,35)11-9-31)20(15-32)16-4-2-1-3-5-16/h1-5,12-14,20-21H,6-11,15H2. The van der Waals surface area contributed by atoms with Gasteiger partial charge in [0.2, 0.25) is 0 Å². The van der Waals surface area contributed by atoms with E-state index in [1.807, 2.05) is 17.0 Å². The van der Waals surface area contributed by atoms with Gasteiger partial charge in [0.25, 0.3) is 5.91 Å². The summed E-state index contributed by atoms with van der Waals surface area (Å²) in [5.74, 6) is -1.18. The van der Waals surface area contributed by atoms with Crippen LogP contribution >= 0.6 is 0 Å². The van der Waals surface area contributed by atoms with Crippen LogP contribution in [0.1, 0.15) is 39.4 Å². The molecule has 0 bridgehead atoms. The quantitative estimate of drug-likeness (QED) is 0.546. The van der Waals surface area contributed by atoms with Crippen molar-refractivity contribution < 1.29 is 39.6 Å². The normalized spacial score (nSPS) is 23.4. The molecule has 2 heterocycles. The molecule has 36 heavy (non-hydrogen) atoms. The van der Waals surface area contributed by atoms with Crippen LogP contribution in [0.2, 0.25) is 0 Å². The summed E-state index contributed by atoms with van der Waals surface area (Å²) in [4.78, 5) is 16.5. The van der Waals surface area contributed by atoms with E-state index < -0.39 is 44.8 Å². The molecule has 1 amide bonds. The van der Waals surface area contributed by atoms with E-state index in [-0.39, 0.29) is 42.6 Å². The second kappa shape index (κ2) is 9.70. The smallest absolute Gasteiger partial charge is 0.338 e. The molecule has 0 spiro atoms. The van der Waals surface area contributed by atoms with Crippen molar-refractivity contribution in [3.05, 3.63) is 70.8 Å². The third kappa shape index (κ3) is 5.86. The lowest BCUT2D eigenvalue weighted by atomic mass is 9.84. The molecule has 0 N–H and O–H groups in total. The van der Waals surface area contributed by atoms with Crippen LogP contribution in [-0.4, -0.2) is 67.9 Å². The lowest BCUT2D eigenvalue weighted by molar-refractivity contribution is -0.143. The van der Waals surface area contributed by atoms with Crippen molar-refractivity contribution in [2.45, 2.75) is 30.7 Å². The molecule has 2 unspecified atom stereocenters.